The molecular weight excluding hydrogens is 402 g/mol. The number of allylic oxidation sites excluding steroid dienone is 2. The molecule has 1 saturated carbocycles. The third-order valence-corrected chi connectivity index (χ3v) is 8.07. The lowest BCUT2D eigenvalue weighted by Gasteiger charge is -2.50. The highest BCUT2D eigenvalue weighted by Gasteiger charge is 2.51. The van der Waals surface area contributed by atoms with Gasteiger partial charge < -0.3 is 10.4 Å². The molecule has 0 radical (unpaired) electrons. The molecule has 32 heavy (non-hydrogen) atoms. The van der Waals surface area contributed by atoms with Gasteiger partial charge in [0, 0.05) is 30.1 Å². The second-order valence-corrected chi connectivity index (χ2v) is 9.67. The molecule has 0 spiro atoms. The molecule has 1 heterocycles. The number of aliphatic carboxylic acids is 1. The molecule has 1 aromatic carbocycles. The van der Waals surface area contributed by atoms with Crippen LogP contribution in [0.5, 0.6) is 0 Å². The number of carbonyl (C=O) groups is 2. The fraction of sp³-hybridized carbons (Fsp3) is 0.462. The number of hydrogen-bond acceptors (Lipinski definition) is 4. The Labute approximate surface area is 188 Å². The van der Waals surface area contributed by atoms with Crippen LogP contribution in [0.2, 0.25) is 0 Å². The van der Waals surface area contributed by atoms with E-state index in [0.717, 1.165) is 37.7 Å². The monoisotopic (exact) mass is 431 g/mol. The number of benzene rings is 1. The van der Waals surface area contributed by atoms with E-state index in [-0.39, 0.29) is 24.3 Å². The highest BCUT2D eigenvalue weighted by atomic mass is 16.4. The second-order valence-electron chi connectivity index (χ2n) is 9.67. The zero-order valence-corrected chi connectivity index (χ0v) is 18.4. The van der Waals surface area contributed by atoms with Crippen molar-refractivity contribution in [2.75, 3.05) is 6.54 Å². The molecular formula is C26H29N3O3. The Balaban J connectivity index is 1.34. The van der Waals surface area contributed by atoms with Crippen molar-refractivity contribution in [2.45, 2.75) is 51.4 Å². The van der Waals surface area contributed by atoms with Crippen molar-refractivity contribution in [2.24, 2.45) is 17.3 Å². The van der Waals surface area contributed by atoms with Crippen molar-refractivity contribution in [3.8, 4) is 0 Å². The molecule has 1 fully saturated rings. The first-order valence-electron chi connectivity index (χ1n) is 11.6. The van der Waals surface area contributed by atoms with Gasteiger partial charge >= 0.3 is 5.97 Å². The van der Waals surface area contributed by atoms with E-state index in [1.54, 1.807) is 6.33 Å². The van der Waals surface area contributed by atoms with Crippen LogP contribution in [0.4, 0.5) is 0 Å². The first kappa shape index (κ1) is 20.9. The predicted octanol–water partition coefficient (Wildman–Crippen LogP) is 4.23. The standard InChI is InChI=1S/C26H29N3O3/c1-26-10-8-20-19-4-3-17(25(32)29-11-9-24(30)31)12-16(19)2-5-21(20)23(26)7-6-22(26)18-13-27-15-28-14-18/h3-4,6,12-15,20-21,23H,2,5,7-11H2,1H3,(H,29,32)(H,30,31)/t20?,21?,23?,26-/m1/s1. The Kier molecular flexibility index (Phi) is 5.31. The Morgan fingerprint density at radius 3 is 2.81 bits per heavy atom. The van der Waals surface area contributed by atoms with Crippen LogP contribution in [-0.2, 0) is 11.2 Å². The Morgan fingerprint density at radius 2 is 2.03 bits per heavy atom. The van der Waals surface area contributed by atoms with E-state index < -0.39 is 5.97 Å². The maximum absolute atomic E-state index is 12.4. The molecule has 0 saturated heterocycles. The summed E-state index contributed by atoms with van der Waals surface area (Å²) < 4.78 is 0. The summed E-state index contributed by atoms with van der Waals surface area (Å²) in [5.74, 6) is 0.719. The van der Waals surface area contributed by atoms with Crippen LogP contribution in [0.3, 0.4) is 0 Å². The zero-order valence-electron chi connectivity index (χ0n) is 18.4. The number of rotatable bonds is 5. The van der Waals surface area contributed by atoms with Gasteiger partial charge in [-0.2, -0.15) is 0 Å². The molecule has 166 valence electrons. The summed E-state index contributed by atoms with van der Waals surface area (Å²) in [4.78, 5) is 31.6. The molecule has 3 aliphatic carbocycles. The van der Waals surface area contributed by atoms with Crippen molar-refractivity contribution in [3.05, 3.63) is 65.2 Å². The number of fused-ring (bicyclic) bond motifs is 5. The lowest BCUT2D eigenvalue weighted by molar-refractivity contribution is -0.136. The van der Waals surface area contributed by atoms with E-state index in [4.69, 9.17) is 5.11 Å². The van der Waals surface area contributed by atoms with Gasteiger partial charge in [-0.05, 0) is 84.1 Å². The van der Waals surface area contributed by atoms with E-state index in [1.807, 2.05) is 24.5 Å². The zero-order chi connectivity index (χ0) is 22.3. The molecule has 1 amide bonds. The number of aromatic nitrogens is 2. The maximum Gasteiger partial charge on any atom is 0.305 e. The van der Waals surface area contributed by atoms with Gasteiger partial charge in [-0.3, -0.25) is 9.59 Å². The van der Waals surface area contributed by atoms with Crippen LogP contribution in [-0.4, -0.2) is 33.5 Å². The summed E-state index contributed by atoms with van der Waals surface area (Å²) in [5.41, 5.74) is 6.06. The normalized spacial score (nSPS) is 28.2. The van der Waals surface area contributed by atoms with Gasteiger partial charge in [0.15, 0.2) is 0 Å². The SMILES string of the molecule is C[C@]12CCC3c4ccc(C(=O)NCCC(=O)O)cc4CCC3C1CC=C2c1cncnc1. The van der Waals surface area contributed by atoms with Gasteiger partial charge in [-0.25, -0.2) is 9.97 Å². The molecule has 2 aromatic rings. The Hall–Kier alpha value is -3.02. The van der Waals surface area contributed by atoms with E-state index in [2.05, 4.69) is 34.4 Å². The largest absolute Gasteiger partial charge is 0.481 e. The third kappa shape index (κ3) is 3.51. The smallest absolute Gasteiger partial charge is 0.305 e. The lowest BCUT2D eigenvalue weighted by atomic mass is 9.54. The summed E-state index contributed by atoms with van der Waals surface area (Å²) >= 11 is 0. The highest BCUT2D eigenvalue weighted by Crippen LogP contribution is 2.62. The van der Waals surface area contributed by atoms with Gasteiger partial charge in [-0.1, -0.05) is 19.1 Å². The van der Waals surface area contributed by atoms with Crippen LogP contribution in [0.1, 0.15) is 72.0 Å². The van der Waals surface area contributed by atoms with Crippen molar-refractivity contribution < 1.29 is 14.7 Å². The van der Waals surface area contributed by atoms with E-state index >= 15 is 0 Å². The molecule has 3 aliphatic rings. The average molecular weight is 432 g/mol. The molecule has 1 aromatic heterocycles. The molecule has 6 heteroatoms. The molecule has 3 unspecified atom stereocenters. The van der Waals surface area contributed by atoms with Crippen LogP contribution in [0.25, 0.3) is 5.57 Å². The number of carboxylic acid groups (broad SMARTS) is 1. The molecule has 6 nitrogen and oxygen atoms in total. The quantitative estimate of drug-likeness (QED) is 0.739. The molecule has 0 bridgehead atoms. The van der Waals surface area contributed by atoms with E-state index in [0.29, 0.717) is 23.3 Å². The number of carbonyl (C=O) groups excluding carboxylic acids is 1. The average Bonchev–Trinajstić information content (AvgIpc) is 3.16. The van der Waals surface area contributed by atoms with Gasteiger partial charge in [-0.15, -0.1) is 0 Å². The third-order valence-electron chi connectivity index (χ3n) is 8.07. The van der Waals surface area contributed by atoms with Crippen LogP contribution >= 0.6 is 0 Å². The maximum atomic E-state index is 12.4. The number of aryl methyl sites for hydroxylation is 1. The number of hydrogen-bond donors (Lipinski definition) is 2. The topological polar surface area (TPSA) is 92.2 Å². The molecule has 2 N–H and O–H groups in total. The fourth-order valence-electron chi connectivity index (χ4n) is 6.56. The molecule has 5 rings (SSSR count). The summed E-state index contributed by atoms with van der Waals surface area (Å²) in [5, 5.41) is 11.5. The van der Waals surface area contributed by atoms with Crippen molar-refractivity contribution in [1.29, 1.82) is 0 Å². The van der Waals surface area contributed by atoms with E-state index in [1.165, 1.54) is 16.7 Å². The van der Waals surface area contributed by atoms with Crippen LogP contribution in [0, 0.1) is 17.3 Å². The number of nitrogens with one attached hydrogen (secondary N) is 1. The molecule has 4 atom stereocenters. The summed E-state index contributed by atoms with van der Waals surface area (Å²) in [7, 11) is 0. The predicted molar refractivity (Wildman–Crippen MR) is 121 cm³/mol. The van der Waals surface area contributed by atoms with Gasteiger partial charge in [0.05, 0.1) is 6.42 Å². The minimum Gasteiger partial charge on any atom is -0.481 e. The highest BCUT2D eigenvalue weighted by molar-refractivity contribution is 5.94. The van der Waals surface area contributed by atoms with Crippen LogP contribution < -0.4 is 5.32 Å². The van der Waals surface area contributed by atoms with E-state index in [9.17, 15) is 9.59 Å². The van der Waals surface area contributed by atoms with Crippen molar-refractivity contribution >= 4 is 17.4 Å². The fourth-order valence-corrected chi connectivity index (χ4v) is 6.56. The van der Waals surface area contributed by atoms with Gasteiger partial charge in [0.1, 0.15) is 6.33 Å². The Bertz CT molecular complexity index is 1080. The minimum absolute atomic E-state index is 0.0638. The number of amides is 1. The van der Waals surface area contributed by atoms with Crippen molar-refractivity contribution in [1.82, 2.24) is 15.3 Å². The van der Waals surface area contributed by atoms with Crippen LogP contribution in [0.15, 0.2) is 43.0 Å². The summed E-state index contributed by atoms with van der Waals surface area (Å²) in [6.07, 6.45) is 13.4. The number of carboxylic acids is 1. The first-order valence-corrected chi connectivity index (χ1v) is 11.6. The molecule has 0 aliphatic heterocycles. The minimum atomic E-state index is -0.907. The Morgan fingerprint density at radius 1 is 1.22 bits per heavy atom. The summed E-state index contributed by atoms with van der Waals surface area (Å²) in [6.45, 7) is 2.58. The summed E-state index contributed by atoms with van der Waals surface area (Å²) in [6, 6.07) is 6.08. The van der Waals surface area contributed by atoms with Gasteiger partial charge in [0.25, 0.3) is 5.91 Å². The number of nitrogens with zero attached hydrogens (tertiary/aromatic N) is 2. The van der Waals surface area contributed by atoms with Crippen molar-refractivity contribution in [3.63, 3.8) is 0 Å². The first-order chi connectivity index (χ1) is 15.5. The lowest BCUT2D eigenvalue weighted by Crippen LogP contribution is -2.41. The second kappa shape index (κ2) is 8.15. The van der Waals surface area contributed by atoms with Gasteiger partial charge in [0.2, 0.25) is 0 Å².